The lowest BCUT2D eigenvalue weighted by Gasteiger charge is -2.43. The minimum Gasteiger partial charge on any atom is -0.348 e. The summed E-state index contributed by atoms with van der Waals surface area (Å²) in [7, 11) is 0. The molecule has 2 nitrogen and oxygen atoms in total. The molecule has 1 N–H and O–H groups in total. The maximum atomic E-state index is 11.1. The summed E-state index contributed by atoms with van der Waals surface area (Å²) < 4.78 is 0.219. The molecule has 1 aliphatic rings. The van der Waals surface area contributed by atoms with Crippen molar-refractivity contribution in [1.82, 2.24) is 5.32 Å². The van der Waals surface area contributed by atoms with Gasteiger partial charge in [0, 0.05) is 10.5 Å². The van der Waals surface area contributed by atoms with Gasteiger partial charge in [-0.15, -0.1) is 0 Å². The van der Waals surface area contributed by atoms with Gasteiger partial charge in [-0.05, 0) is 26.8 Å². The van der Waals surface area contributed by atoms with Crippen LogP contribution in [0.5, 0.6) is 0 Å². The van der Waals surface area contributed by atoms with Crippen molar-refractivity contribution >= 4 is 17.7 Å². The van der Waals surface area contributed by atoms with Crippen molar-refractivity contribution in [3.05, 3.63) is 12.2 Å². The molecule has 0 spiro atoms. The largest absolute Gasteiger partial charge is 0.348 e. The topological polar surface area (TPSA) is 29.1 Å². The molecule has 0 aromatic carbocycles. The van der Waals surface area contributed by atoms with Crippen LogP contribution in [-0.4, -0.2) is 22.4 Å². The minimum absolute atomic E-state index is 0.0240. The van der Waals surface area contributed by atoms with Gasteiger partial charge in [-0.2, -0.15) is 11.8 Å². The summed E-state index contributed by atoms with van der Waals surface area (Å²) in [5, 5.41) is 2.96. The first kappa shape index (κ1) is 9.65. The Kier molecular flexibility index (Phi) is 2.83. The van der Waals surface area contributed by atoms with Gasteiger partial charge in [-0.25, -0.2) is 0 Å². The van der Waals surface area contributed by atoms with Crippen LogP contribution in [0.1, 0.15) is 20.8 Å². The SMILES string of the molecule is C/C=C/C(=O)NC1CSC1(C)C. The predicted octanol–water partition coefficient (Wildman–Crippen LogP) is 1.57. The average molecular weight is 185 g/mol. The maximum absolute atomic E-state index is 11.1. The number of thioether (sulfide) groups is 1. The van der Waals surface area contributed by atoms with Crippen LogP contribution in [0.25, 0.3) is 0 Å². The van der Waals surface area contributed by atoms with Gasteiger partial charge < -0.3 is 5.32 Å². The molecular weight excluding hydrogens is 170 g/mol. The highest BCUT2D eigenvalue weighted by Gasteiger charge is 2.39. The number of hydrogen-bond acceptors (Lipinski definition) is 2. The molecule has 1 aliphatic heterocycles. The standard InChI is InChI=1S/C9H15NOS/c1-4-5-8(11)10-7-6-12-9(7,2)3/h4-5,7H,6H2,1-3H3,(H,10,11)/b5-4+. The van der Waals surface area contributed by atoms with Crippen molar-refractivity contribution in [2.24, 2.45) is 0 Å². The monoisotopic (exact) mass is 185 g/mol. The van der Waals surface area contributed by atoms with E-state index in [1.54, 1.807) is 12.2 Å². The molecular formula is C9H15NOS. The highest BCUT2D eigenvalue weighted by atomic mass is 32.2. The molecule has 0 radical (unpaired) electrons. The Bertz CT molecular complexity index is 211. The normalized spacial score (nSPS) is 26.8. The van der Waals surface area contributed by atoms with E-state index in [1.165, 1.54) is 0 Å². The Morgan fingerprint density at radius 3 is 2.67 bits per heavy atom. The molecule has 1 heterocycles. The first-order valence-electron chi connectivity index (χ1n) is 4.13. The van der Waals surface area contributed by atoms with Crippen LogP contribution < -0.4 is 5.32 Å². The summed E-state index contributed by atoms with van der Waals surface area (Å²) in [5.74, 6) is 1.06. The van der Waals surface area contributed by atoms with Crippen molar-refractivity contribution in [1.29, 1.82) is 0 Å². The number of carbonyl (C=O) groups excluding carboxylic acids is 1. The Morgan fingerprint density at radius 2 is 2.33 bits per heavy atom. The number of rotatable bonds is 2. The van der Waals surface area contributed by atoms with E-state index in [-0.39, 0.29) is 10.7 Å². The van der Waals surface area contributed by atoms with E-state index in [4.69, 9.17) is 0 Å². The molecule has 0 bridgehead atoms. The third-order valence-corrected chi connectivity index (χ3v) is 3.62. The number of amides is 1. The second-order valence-corrected chi connectivity index (χ2v) is 5.15. The number of nitrogens with one attached hydrogen (secondary N) is 1. The molecule has 1 amide bonds. The third kappa shape index (κ3) is 2.03. The maximum Gasteiger partial charge on any atom is 0.243 e. The van der Waals surface area contributed by atoms with Crippen molar-refractivity contribution in [2.75, 3.05) is 5.75 Å². The molecule has 1 atom stereocenters. The van der Waals surface area contributed by atoms with E-state index < -0.39 is 0 Å². The van der Waals surface area contributed by atoms with E-state index in [2.05, 4.69) is 19.2 Å². The van der Waals surface area contributed by atoms with Gasteiger partial charge in [0.15, 0.2) is 0 Å². The number of carbonyl (C=O) groups is 1. The molecule has 0 aromatic rings. The van der Waals surface area contributed by atoms with E-state index in [9.17, 15) is 4.79 Å². The van der Waals surface area contributed by atoms with Crippen LogP contribution in [0.2, 0.25) is 0 Å². The zero-order valence-electron chi connectivity index (χ0n) is 7.76. The van der Waals surface area contributed by atoms with Gasteiger partial charge in [0.1, 0.15) is 0 Å². The molecule has 1 rings (SSSR count). The number of hydrogen-bond donors (Lipinski definition) is 1. The summed E-state index contributed by atoms with van der Waals surface area (Å²) in [4.78, 5) is 11.1. The molecule has 3 heteroatoms. The summed E-state index contributed by atoms with van der Waals surface area (Å²) in [6, 6.07) is 0.339. The van der Waals surface area contributed by atoms with Crippen LogP contribution >= 0.6 is 11.8 Å². The Labute approximate surface area is 77.8 Å². The van der Waals surface area contributed by atoms with Gasteiger partial charge >= 0.3 is 0 Å². The Balaban J connectivity index is 2.37. The highest BCUT2D eigenvalue weighted by molar-refractivity contribution is 8.02. The van der Waals surface area contributed by atoms with Gasteiger partial charge in [-0.3, -0.25) is 4.79 Å². The molecule has 1 fully saturated rings. The summed E-state index contributed by atoms with van der Waals surface area (Å²) >= 11 is 1.89. The second-order valence-electron chi connectivity index (χ2n) is 3.48. The molecule has 1 unspecified atom stereocenters. The van der Waals surface area contributed by atoms with E-state index in [0.29, 0.717) is 6.04 Å². The molecule has 1 saturated heterocycles. The zero-order valence-corrected chi connectivity index (χ0v) is 8.57. The summed E-state index contributed by atoms with van der Waals surface area (Å²) in [6.07, 6.45) is 3.33. The van der Waals surface area contributed by atoms with Gasteiger partial charge in [0.05, 0.1) is 6.04 Å². The van der Waals surface area contributed by atoms with Crippen LogP contribution in [0, 0.1) is 0 Å². The fraction of sp³-hybridized carbons (Fsp3) is 0.667. The lowest BCUT2D eigenvalue weighted by atomic mass is 10.0. The minimum atomic E-state index is 0.0240. The molecule has 0 aromatic heterocycles. The van der Waals surface area contributed by atoms with Gasteiger partial charge in [-0.1, -0.05) is 6.08 Å². The van der Waals surface area contributed by atoms with Crippen LogP contribution in [0.15, 0.2) is 12.2 Å². The molecule has 12 heavy (non-hydrogen) atoms. The fourth-order valence-electron chi connectivity index (χ4n) is 1.09. The zero-order chi connectivity index (χ0) is 9.19. The van der Waals surface area contributed by atoms with Crippen LogP contribution in [-0.2, 0) is 4.79 Å². The van der Waals surface area contributed by atoms with Gasteiger partial charge in [0.25, 0.3) is 0 Å². The lowest BCUT2D eigenvalue weighted by molar-refractivity contribution is -0.117. The first-order valence-corrected chi connectivity index (χ1v) is 5.12. The van der Waals surface area contributed by atoms with E-state index >= 15 is 0 Å². The Hall–Kier alpha value is -0.440. The van der Waals surface area contributed by atoms with Crippen molar-refractivity contribution in [3.63, 3.8) is 0 Å². The fourth-order valence-corrected chi connectivity index (χ4v) is 2.23. The Morgan fingerprint density at radius 1 is 1.67 bits per heavy atom. The molecule has 68 valence electrons. The van der Waals surface area contributed by atoms with E-state index in [0.717, 1.165) is 5.75 Å². The smallest absolute Gasteiger partial charge is 0.243 e. The highest BCUT2D eigenvalue weighted by Crippen LogP contribution is 2.39. The quantitative estimate of drug-likeness (QED) is 0.662. The van der Waals surface area contributed by atoms with Crippen molar-refractivity contribution in [3.8, 4) is 0 Å². The number of allylic oxidation sites excluding steroid dienone is 1. The molecule has 0 aliphatic carbocycles. The predicted molar refractivity (Wildman–Crippen MR) is 53.3 cm³/mol. The third-order valence-electron chi connectivity index (χ3n) is 2.10. The van der Waals surface area contributed by atoms with Crippen molar-refractivity contribution in [2.45, 2.75) is 31.6 Å². The second kappa shape index (κ2) is 3.52. The summed E-state index contributed by atoms with van der Waals surface area (Å²) in [5.41, 5.74) is 0. The van der Waals surface area contributed by atoms with E-state index in [1.807, 2.05) is 18.7 Å². The lowest BCUT2D eigenvalue weighted by Crippen LogP contribution is -2.56. The summed E-state index contributed by atoms with van der Waals surface area (Å²) in [6.45, 7) is 6.16. The van der Waals surface area contributed by atoms with Crippen molar-refractivity contribution < 1.29 is 4.79 Å². The van der Waals surface area contributed by atoms with Crippen LogP contribution in [0.4, 0.5) is 0 Å². The molecule has 0 saturated carbocycles. The average Bonchev–Trinajstić information content (AvgIpc) is 1.99. The van der Waals surface area contributed by atoms with Crippen LogP contribution in [0.3, 0.4) is 0 Å². The van der Waals surface area contributed by atoms with Gasteiger partial charge in [0.2, 0.25) is 5.91 Å². The first-order chi connectivity index (χ1) is 5.56.